The summed E-state index contributed by atoms with van der Waals surface area (Å²) in [7, 11) is 3.31. The minimum Gasteiger partial charge on any atom is -0.497 e. The normalized spacial score (nSPS) is 22.0. The molecule has 1 saturated carbocycles. The highest BCUT2D eigenvalue weighted by Crippen LogP contribution is 2.30. The molecule has 0 unspecified atom stereocenters. The van der Waals surface area contributed by atoms with Crippen LogP contribution in [0.5, 0.6) is 11.5 Å². The van der Waals surface area contributed by atoms with Gasteiger partial charge in [0.05, 0.1) is 37.5 Å². The number of ether oxygens (including phenoxy) is 3. The molecule has 0 radical (unpaired) electrons. The molecule has 1 fully saturated rings. The molecule has 0 spiro atoms. The van der Waals surface area contributed by atoms with Crippen molar-refractivity contribution in [2.24, 2.45) is 11.8 Å². The van der Waals surface area contributed by atoms with Crippen LogP contribution >= 0.6 is 0 Å². The standard InChI is InChI=1S/C37H54N4O7/c1-25-22-41(26(2)24-42)36(44)32-21-30(38-35(43)28-12-7-6-8-13-28)16-19-33(32)48-27(3)11-9-10-20-47-34(25)23-40(4)37(45)39-29-14-17-31(46-5)18-15-29/h14-19,21,25-28,34,42H,6-13,20,22-24H2,1-5H3,(H,38,43)(H,39,45)/t25-,26+,27-,34-/m1/s1. The highest BCUT2D eigenvalue weighted by atomic mass is 16.5. The van der Waals surface area contributed by atoms with Crippen LogP contribution in [0.25, 0.3) is 0 Å². The zero-order valence-corrected chi connectivity index (χ0v) is 29.2. The van der Waals surface area contributed by atoms with E-state index in [4.69, 9.17) is 14.2 Å². The second-order valence-electron chi connectivity index (χ2n) is 13.4. The highest BCUT2D eigenvalue weighted by molar-refractivity contribution is 6.00. The van der Waals surface area contributed by atoms with E-state index in [1.807, 2.05) is 13.8 Å². The van der Waals surface area contributed by atoms with E-state index in [-0.39, 0.29) is 55.0 Å². The molecule has 0 bridgehead atoms. The Kier molecular flexibility index (Phi) is 13.9. The van der Waals surface area contributed by atoms with Crippen molar-refractivity contribution in [1.29, 1.82) is 0 Å². The van der Waals surface area contributed by atoms with Gasteiger partial charge in [0.25, 0.3) is 5.91 Å². The molecule has 11 heteroatoms. The van der Waals surface area contributed by atoms with Crippen molar-refractivity contribution in [3.63, 3.8) is 0 Å². The Hall–Kier alpha value is -3.83. The topological polar surface area (TPSA) is 130 Å². The van der Waals surface area contributed by atoms with E-state index in [9.17, 15) is 19.5 Å². The molecule has 2 aromatic rings. The molecule has 4 amide bonds. The average Bonchev–Trinajstić information content (AvgIpc) is 3.10. The summed E-state index contributed by atoms with van der Waals surface area (Å²) in [5.74, 6) is 0.598. The Morgan fingerprint density at radius 2 is 1.69 bits per heavy atom. The van der Waals surface area contributed by atoms with Gasteiger partial charge in [0.1, 0.15) is 11.5 Å². The van der Waals surface area contributed by atoms with Crippen LogP contribution < -0.4 is 20.1 Å². The summed E-state index contributed by atoms with van der Waals surface area (Å²) in [6.45, 7) is 6.61. The van der Waals surface area contributed by atoms with Gasteiger partial charge in [0.15, 0.2) is 0 Å². The Bertz CT molecular complexity index is 1350. The van der Waals surface area contributed by atoms with E-state index in [0.717, 1.165) is 51.4 Å². The van der Waals surface area contributed by atoms with Crippen LogP contribution in [0, 0.1) is 11.8 Å². The smallest absolute Gasteiger partial charge is 0.321 e. The Morgan fingerprint density at radius 1 is 1.00 bits per heavy atom. The molecule has 0 saturated heterocycles. The fourth-order valence-corrected chi connectivity index (χ4v) is 6.32. The molecule has 0 aromatic heterocycles. The van der Waals surface area contributed by atoms with Crippen molar-refractivity contribution in [3.8, 4) is 11.5 Å². The van der Waals surface area contributed by atoms with Gasteiger partial charge in [-0.2, -0.15) is 0 Å². The zero-order chi connectivity index (χ0) is 34.6. The van der Waals surface area contributed by atoms with E-state index in [2.05, 4.69) is 10.6 Å². The van der Waals surface area contributed by atoms with Crippen LogP contribution in [0.1, 0.15) is 82.5 Å². The summed E-state index contributed by atoms with van der Waals surface area (Å²) in [5, 5.41) is 16.2. The first-order chi connectivity index (χ1) is 23.1. The number of likely N-dealkylation sites (N-methyl/N-ethyl adjacent to an activating group) is 1. The maximum absolute atomic E-state index is 14.4. The lowest BCUT2D eigenvalue weighted by molar-refractivity contribution is -0.120. The third-order valence-electron chi connectivity index (χ3n) is 9.44. The SMILES string of the molecule is COc1ccc(NC(=O)N(C)C[C@H]2OCCCC[C@@H](C)Oc3ccc(NC(=O)C4CCCCC4)cc3C(=O)N([C@@H](C)CO)C[C@H]2C)cc1. The molecular formula is C37H54N4O7. The van der Waals surface area contributed by atoms with Crippen LogP contribution in [0.15, 0.2) is 42.5 Å². The summed E-state index contributed by atoms with van der Waals surface area (Å²) < 4.78 is 17.9. The van der Waals surface area contributed by atoms with Crippen LogP contribution in [0.3, 0.4) is 0 Å². The predicted molar refractivity (Wildman–Crippen MR) is 187 cm³/mol. The number of anilines is 2. The van der Waals surface area contributed by atoms with Crippen molar-refractivity contribution >= 4 is 29.2 Å². The van der Waals surface area contributed by atoms with Crippen LogP contribution in [0.2, 0.25) is 0 Å². The molecular weight excluding hydrogens is 612 g/mol. The minimum atomic E-state index is -0.504. The fraction of sp³-hybridized carbons (Fsp3) is 0.595. The number of hydrogen-bond acceptors (Lipinski definition) is 7. The largest absolute Gasteiger partial charge is 0.497 e. The minimum absolute atomic E-state index is 0.0216. The van der Waals surface area contributed by atoms with Crippen molar-refractivity contribution < 1.29 is 33.7 Å². The molecule has 48 heavy (non-hydrogen) atoms. The van der Waals surface area contributed by atoms with E-state index in [0.29, 0.717) is 41.6 Å². The second kappa shape index (κ2) is 18.1. The summed E-state index contributed by atoms with van der Waals surface area (Å²) in [4.78, 5) is 43.8. The van der Waals surface area contributed by atoms with Gasteiger partial charge < -0.3 is 39.8 Å². The first-order valence-corrected chi connectivity index (χ1v) is 17.4. The lowest BCUT2D eigenvalue weighted by Crippen LogP contribution is -2.48. The van der Waals surface area contributed by atoms with E-state index < -0.39 is 6.04 Å². The fourth-order valence-electron chi connectivity index (χ4n) is 6.32. The van der Waals surface area contributed by atoms with Gasteiger partial charge in [-0.15, -0.1) is 0 Å². The summed E-state index contributed by atoms with van der Waals surface area (Å²) in [6, 6.07) is 11.6. The van der Waals surface area contributed by atoms with E-state index in [1.54, 1.807) is 73.3 Å². The third-order valence-corrected chi connectivity index (χ3v) is 9.44. The van der Waals surface area contributed by atoms with Crippen molar-refractivity contribution in [2.75, 3.05) is 51.1 Å². The molecule has 3 N–H and O–H groups in total. The van der Waals surface area contributed by atoms with Gasteiger partial charge in [-0.3, -0.25) is 9.59 Å². The van der Waals surface area contributed by atoms with Crippen molar-refractivity contribution in [1.82, 2.24) is 9.80 Å². The number of rotatable bonds is 8. The number of nitrogens with zero attached hydrogens (tertiary/aromatic N) is 2. The van der Waals surface area contributed by atoms with Gasteiger partial charge in [-0.1, -0.05) is 26.2 Å². The summed E-state index contributed by atoms with van der Waals surface area (Å²) >= 11 is 0. The number of urea groups is 1. The predicted octanol–water partition coefficient (Wildman–Crippen LogP) is 6.17. The molecule has 1 aliphatic carbocycles. The Labute approximate surface area is 285 Å². The number of fused-ring (bicyclic) bond motifs is 1. The summed E-state index contributed by atoms with van der Waals surface area (Å²) in [5.41, 5.74) is 1.53. The van der Waals surface area contributed by atoms with E-state index in [1.165, 1.54) is 0 Å². The molecule has 264 valence electrons. The number of aliphatic hydroxyl groups is 1. The summed E-state index contributed by atoms with van der Waals surface area (Å²) in [6.07, 6.45) is 6.90. The molecule has 4 rings (SSSR count). The zero-order valence-electron chi connectivity index (χ0n) is 29.2. The number of aliphatic hydroxyl groups excluding tert-OH is 1. The number of amides is 4. The second-order valence-corrected chi connectivity index (χ2v) is 13.4. The molecule has 2 aromatic carbocycles. The van der Waals surface area contributed by atoms with Crippen molar-refractivity contribution in [3.05, 3.63) is 48.0 Å². The molecule has 1 aliphatic heterocycles. The van der Waals surface area contributed by atoms with Gasteiger partial charge in [0, 0.05) is 50.0 Å². The lowest BCUT2D eigenvalue weighted by Gasteiger charge is -2.35. The van der Waals surface area contributed by atoms with Gasteiger partial charge in [0.2, 0.25) is 5.91 Å². The number of benzene rings is 2. The monoisotopic (exact) mass is 666 g/mol. The lowest BCUT2D eigenvalue weighted by atomic mass is 9.88. The van der Waals surface area contributed by atoms with Gasteiger partial charge >= 0.3 is 6.03 Å². The van der Waals surface area contributed by atoms with Gasteiger partial charge in [-0.05, 0) is 88.4 Å². The first-order valence-electron chi connectivity index (χ1n) is 17.4. The number of nitrogens with one attached hydrogen (secondary N) is 2. The maximum atomic E-state index is 14.4. The average molecular weight is 667 g/mol. The maximum Gasteiger partial charge on any atom is 0.321 e. The van der Waals surface area contributed by atoms with Crippen LogP contribution in [0.4, 0.5) is 16.2 Å². The van der Waals surface area contributed by atoms with E-state index >= 15 is 0 Å². The van der Waals surface area contributed by atoms with Crippen molar-refractivity contribution in [2.45, 2.75) is 90.4 Å². The molecule has 11 nitrogen and oxygen atoms in total. The van der Waals surface area contributed by atoms with Gasteiger partial charge in [-0.25, -0.2) is 4.79 Å². The Balaban J connectivity index is 1.56. The quantitative estimate of drug-likeness (QED) is 0.307. The first kappa shape index (κ1) is 37.0. The molecule has 4 atom stereocenters. The number of methoxy groups -OCH3 is 1. The molecule has 2 aliphatic rings. The number of hydrogen-bond donors (Lipinski definition) is 3. The number of carbonyl (C=O) groups excluding carboxylic acids is 3. The molecule has 1 heterocycles. The number of carbonyl (C=O) groups is 3. The Morgan fingerprint density at radius 3 is 2.38 bits per heavy atom. The third kappa shape index (κ3) is 10.3. The highest BCUT2D eigenvalue weighted by Gasteiger charge is 2.31. The van der Waals surface area contributed by atoms with Crippen LogP contribution in [-0.2, 0) is 9.53 Å². The van der Waals surface area contributed by atoms with Crippen LogP contribution in [-0.4, -0.2) is 91.5 Å².